The smallest absolute Gasteiger partial charge is 0.222 e. The van der Waals surface area contributed by atoms with Gasteiger partial charge in [0.05, 0.1) is 18.6 Å². The van der Waals surface area contributed by atoms with Gasteiger partial charge in [0.25, 0.3) is 0 Å². The van der Waals surface area contributed by atoms with Gasteiger partial charge in [0, 0.05) is 37.8 Å². The lowest BCUT2D eigenvalue weighted by Crippen LogP contribution is -2.42. The first-order chi connectivity index (χ1) is 12.2. The highest BCUT2D eigenvalue weighted by atomic mass is 16.5. The van der Waals surface area contributed by atoms with Gasteiger partial charge in [-0.2, -0.15) is 0 Å². The molecule has 1 amide bonds. The number of aliphatic hydroxyl groups excluding tert-OH is 1. The second-order valence-electron chi connectivity index (χ2n) is 7.04. The SMILES string of the molecule is O=C(CCc1cccnc1)N1C[C@H]2c3ccccc3OC[C@@]2(CO)C1. The van der Waals surface area contributed by atoms with Crippen LogP contribution in [0.2, 0.25) is 0 Å². The molecule has 0 unspecified atom stereocenters. The van der Waals surface area contributed by atoms with Gasteiger partial charge >= 0.3 is 0 Å². The number of aryl methyl sites for hydroxylation is 1. The molecule has 130 valence electrons. The molecule has 4 rings (SSSR count). The van der Waals surface area contributed by atoms with Crippen LogP contribution in [0.5, 0.6) is 5.75 Å². The predicted octanol–water partition coefficient (Wildman–Crippen LogP) is 2.01. The molecule has 1 saturated heterocycles. The highest BCUT2D eigenvalue weighted by Crippen LogP contribution is 2.49. The Morgan fingerprint density at radius 1 is 1.32 bits per heavy atom. The Morgan fingerprint density at radius 3 is 3.00 bits per heavy atom. The summed E-state index contributed by atoms with van der Waals surface area (Å²) in [6.07, 6.45) is 4.69. The molecule has 25 heavy (non-hydrogen) atoms. The molecule has 5 nitrogen and oxygen atoms in total. The number of para-hydroxylation sites is 1. The third-order valence-corrected chi connectivity index (χ3v) is 5.48. The van der Waals surface area contributed by atoms with Crippen LogP contribution in [0.15, 0.2) is 48.8 Å². The van der Waals surface area contributed by atoms with E-state index in [2.05, 4.69) is 4.98 Å². The van der Waals surface area contributed by atoms with Crippen LogP contribution in [0.25, 0.3) is 0 Å². The Hall–Kier alpha value is -2.40. The molecule has 3 heterocycles. The van der Waals surface area contributed by atoms with E-state index in [-0.39, 0.29) is 18.4 Å². The highest BCUT2D eigenvalue weighted by Gasteiger charge is 2.51. The van der Waals surface area contributed by atoms with E-state index in [4.69, 9.17) is 4.74 Å². The van der Waals surface area contributed by atoms with Crippen molar-refractivity contribution in [3.8, 4) is 5.75 Å². The van der Waals surface area contributed by atoms with E-state index >= 15 is 0 Å². The van der Waals surface area contributed by atoms with Gasteiger partial charge in [0.1, 0.15) is 5.75 Å². The van der Waals surface area contributed by atoms with Crippen LogP contribution in [0.3, 0.4) is 0 Å². The number of pyridine rings is 1. The fourth-order valence-electron chi connectivity index (χ4n) is 4.02. The lowest BCUT2D eigenvalue weighted by molar-refractivity contribution is -0.130. The number of carbonyl (C=O) groups excluding carboxylic acids is 1. The Morgan fingerprint density at radius 2 is 2.20 bits per heavy atom. The van der Waals surface area contributed by atoms with E-state index in [1.54, 1.807) is 12.4 Å². The zero-order chi connectivity index (χ0) is 17.3. The molecule has 1 N–H and O–H groups in total. The number of carbonyl (C=O) groups is 1. The predicted molar refractivity (Wildman–Crippen MR) is 93.3 cm³/mol. The first-order valence-electron chi connectivity index (χ1n) is 8.71. The summed E-state index contributed by atoms with van der Waals surface area (Å²) >= 11 is 0. The van der Waals surface area contributed by atoms with Gasteiger partial charge in [-0.25, -0.2) is 0 Å². The topological polar surface area (TPSA) is 62.7 Å². The maximum absolute atomic E-state index is 12.7. The summed E-state index contributed by atoms with van der Waals surface area (Å²) < 4.78 is 5.88. The van der Waals surface area contributed by atoms with Crippen molar-refractivity contribution >= 4 is 5.91 Å². The van der Waals surface area contributed by atoms with E-state index in [0.717, 1.165) is 16.9 Å². The van der Waals surface area contributed by atoms with Crippen molar-refractivity contribution in [2.75, 3.05) is 26.3 Å². The summed E-state index contributed by atoms with van der Waals surface area (Å²) in [4.78, 5) is 18.7. The maximum atomic E-state index is 12.7. The Balaban J connectivity index is 1.49. The number of likely N-dealkylation sites (tertiary alicyclic amines) is 1. The number of amides is 1. The van der Waals surface area contributed by atoms with E-state index in [1.165, 1.54) is 0 Å². The molecule has 2 aromatic rings. The Bertz CT molecular complexity index is 765. The lowest BCUT2D eigenvalue weighted by Gasteiger charge is -2.37. The Kier molecular flexibility index (Phi) is 4.17. The van der Waals surface area contributed by atoms with Crippen molar-refractivity contribution in [3.63, 3.8) is 0 Å². The molecule has 2 atom stereocenters. The van der Waals surface area contributed by atoms with Gasteiger partial charge in [-0.1, -0.05) is 24.3 Å². The molecule has 1 aromatic carbocycles. The van der Waals surface area contributed by atoms with Crippen LogP contribution in [0.4, 0.5) is 0 Å². The van der Waals surface area contributed by atoms with Crippen molar-refractivity contribution in [2.24, 2.45) is 5.41 Å². The summed E-state index contributed by atoms with van der Waals surface area (Å²) in [5, 5.41) is 10.1. The average Bonchev–Trinajstić information content (AvgIpc) is 3.08. The molecule has 2 aliphatic rings. The summed E-state index contributed by atoms with van der Waals surface area (Å²) in [6.45, 7) is 1.68. The fourth-order valence-corrected chi connectivity index (χ4v) is 4.02. The van der Waals surface area contributed by atoms with Crippen LogP contribution in [-0.2, 0) is 11.2 Å². The Labute approximate surface area is 147 Å². The van der Waals surface area contributed by atoms with Crippen LogP contribution in [0, 0.1) is 5.41 Å². The molecule has 0 spiro atoms. The number of hydrogen-bond donors (Lipinski definition) is 1. The standard InChI is InChI=1S/C20H22N2O3/c23-13-20-12-22(19(24)8-7-15-4-3-9-21-10-15)11-17(20)16-5-1-2-6-18(16)25-14-20/h1-6,9-10,17,23H,7-8,11-14H2/t17-,20-/m0/s1. The van der Waals surface area contributed by atoms with Crippen molar-refractivity contribution in [1.82, 2.24) is 9.88 Å². The lowest BCUT2D eigenvalue weighted by atomic mass is 9.74. The zero-order valence-electron chi connectivity index (χ0n) is 14.1. The van der Waals surface area contributed by atoms with Crippen LogP contribution in [0.1, 0.15) is 23.5 Å². The van der Waals surface area contributed by atoms with Crippen molar-refractivity contribution in [2.45, 2.75) is 18.8 Å². The van der Waals surface area contributed by atoms with E-state index in [9.17, 15) is 9.90 Å². The molecule has 0 saturated carbocycles. The number of benzene rings is 1. The minimum atomic E-state index is -0.391. The van der Waals surface area contributed by atoms with Gasteiger partial charge in [0.15, 0.2) is 0 Å². The number of nitrogens with zero attached hydrogens (tertiary/aromatic N) is 2. The quantitative estimate of drug-likeness (QED) is 0.926. The van der Waals surface area contributed by atoms with Gasteiger partial charge < -0.3 is 14.7 Å². The largest absolute Gasteiger partial charge is 0.493 e. The van der Waals surface area contributed by atoms with Crippen LogP contribution < -0.4 is 4.74 Å². The van der Waals surface area contributed by atoms with Crippen LogP contribution >= 0.6 is 0 Å². The minimum absolute atomic E-state index is 0.0262. The first kappa shape index (κ1) is 16.1. The van der Waals surface area contributed by atoms with Crippen molar-refractivity contribution < 1.29 is 14.6 Å². The average molecular weight is 338 g/mol. The van der Waals surface area contributed by atoms with Gasteiger partial charge in [-0.05, 0) is 29.7 Å². The number of aromatic nitrogens is 1. The first-order valence-corrected chi connectivity index (χ1v) is 8.71. The molecule has 2 aliphatic heterocycles. The van der Waals surface area contributed by atoms with Crippen molar-refractivity contribution in [1.29, 1.82) is 0 Å². The summed E-state index contributed by atoms with van der Waals surface area (Å²) in [6, 6.07) is 11.8. The summed E-state index contributed by atoms with van der Waals surface area (Å²) in [5.74, 6) is 1.13. The number of aliphatic hydroxyl groups is 1. The molecule has 1 aromatic heterocycles. The van der Waals surface area contributed by atoms with Gasteiger partial charge in [0.2, 0.25) is 5.91 Å². The fraction of sp³-hybridized carbons (Fsp3) is 0.400. The highest BCUT2D eigenvalue weighted by molar-refractivity contribution is 5.77. The third-order valence-electron chi connectivity index (χ3n) is 5.48. The third kappa shape index (κ3) is 2.89. The van der Waals surface area contributed by atoms with Gasteiger partial charge in [-0.3, -0.25) is 9.78 Å². The van der Waals surface area contributed by atoms with Gasteiger partial charge in [-0.15, -0.1) is 0 Å². The second kappa shape index (κ2) is 6.48. The van der Waals surface area contributed by atoms with Crippen LogP contribution in [-0.4, -0.2) is 47.2 Å². The monoisotopic (exact) mass is 338 g/mol. The number of ether oxygens (including phenoxy) is 1. The molecular weight excluding hydrogens is 316 g/mol. The second-order valence-corrected chi connectivity index (χ2v) is 7.04. The zero-order valence-corrected chi connectivity index (χ0v) is 14.1. The van der Waals surface area contributed by atoms with E-state index in [1.807, 2.05) is 41.3 Å². The molecule has 0 radical (unpaired) electrons. The molecule has 0 aliphatic carbocycles. The molecule has 0 bridgehead atoms. The summed E-state index contributed by atoms with van der Waals surface area (Å²) in [5.41, 5.74) is 1.78. The molecule has 1 fully saturated rings. The number of hydrogen-bond acceptors (Lipinski definition) is 4. The minimum Gasteiger partial charge on any atom is -0.493 e. The number of rotatable bonds is 4. The van der Waals surface area contributed by atoms with E-state index < -0.39 is 5.41 Å². The van der Waals surface area contributed by atoms with Crippen molar-refractivity contribution in [3.05, 3.63) is 59.9 Å². The normalized spacial score (nSPS) is 24.4. The maximum Gasteiger partial charge on any atom is 0.222 e. The molecular formula is C20H22N2O3. The number of fused-ring (bicyclic) bond motifs is 3. The molecule has 5 heteroatoms. The van der Waals surface area contributed by atoms with E-state index in [0.29, 0.717) is 32.5 Å². The summed E-state index contributed by atoms with van der Waals surface area (Å²) in [7, 11) is 0.